The topological polar surface area (TPSA) is 90.1 Å². The van der Waals surface area contributed by atoms with E-state index in [0.29, 0.717) is 12.3 Å². The standard InChI is InChI=1S/C25H26FNO4/c26-14-7-8-16-18(9-14)19(22(29)10-15(28)11-23(30)31)12-20-24(16)17-3-1-2-4-21(17)27-25(20)13-5-6-13/h1-4,7-9,13,15,17,19,21-22,28-29H,5-6,10-12H2,(H,30,31)/t15-,17?,19+,21?,22+/m1/s1. The highest BCUT2D eigenvalue weighted by molar-refractivity contribution is 6.11. The van der Waals surface area contributed by atoms with Crippen molar-refractivity contribution in [2.75, 3.05) is 0 Å². The number of aliphatic hydroxyl groups is 2. The number of hydrogen-bond acceptors (Lipinski definition) is 4. The van der Waals surface area contributed by atoms with Crippen LogP contribution in [0.25, 0.3) is 5.57 Å². The fourth-order valence-electron chi connectivity index (χ4n) is 5.32. The molecule has 1 saturated carbocycles. The number of benzene rings is 1. The summed E-state index contributed by atoms with van der Waals surface area (Å²) >= 11 is 0. The molecule has 0 bridgehead atoms. The minimum atomic E-state index is -1.15. The van der Waals surface area contributed by atoms with Gasteiger partial charge < -0.3 is 15.3 Å². The van der Waals surface area contributed by atoms with Crippen LogP contribution in [0, 0.1) is 17.7 Å². The summed E-state index contributed by atoms with van der Waals surface area (Å²) in [6.45, 7) is 0. The zero-order chi connectivity index (χ0) is 21.7. The fourth-order valence-corrected chi connectivity index (χ4v) is 5.32. The Balaban J connectivity index is 1.57. The summed E-state index contributed by atoms with van der Waals surface area (Å²) < 4.78 is 14.3. The van der Waals surface area contributed by atoms with E-state index in [-0.39, 0.29) is 24.2 Å². The first-order valence-electron chi connectivity index (χ1n) is 11.0. The molecular formula is C25H26FNO4. The van der Waals surface area contributed by atoms with Crippen LogP contribution in [0.4, 0.5) is 4.39 Å². The molecule has 1 fully saturated rings. The Hall–Kier alpha value is -2.57. The molecule has 3 aliphatic carbocycles. The molecule has 2 unspecified atom stereocenters. The van der Waals surface area contributed by atoms with E-state index in [9.17, 15) is 19.4 Å². The average molecular weight is 423 g/mol. The Morgan fingerprint density at radius 3 is 2.71 bits per heavy atom. The number of carbonyl (C=O) groups is 1. The number of fused-ring (bicyclic) bond motifs is 4. The maximum Gasteiger partial charge on any atom is 0.305 e. The maximum atomic E-state index is 14.3. The van der Waals surface area contributed by atoms with E-state index in [1.165, 1.54) is 17.7 Å². The van der Waals surface area contributed by atoms with Crippen LogP contribution in [0.15, 0.2) is 53.1 Å². The minimum Gasteiger partial charge on any atom is -0.481 e. The van der Waals surface area contributed by atoms with E-state index < -0.39 is 30.5 Å². The van der Waals surface area contributed by atoms with E-state index in [1.807, 2.05) is 12.2 Å². The number of rotatable bonds is 6. The number of dihydropyridines is 1. The van der Waals surface area contributed by atoms with Crippen LogP contribution >= 0.6 is 0 Å². The summed E-state index contributed by atoms with van der Waals surface area (Å²) in [6, 6.07) is 4.77. The van der Waals surface area contributed by atoms with Gasteiger partial charge in [-0.3, -0.25) is 9.79 Å². The van der Waals surface area contributed by atoms with Crippen molar-refractivity contribution in [3.8, 4) is 0 Å². The van der Waals surface area contributed by atoms with Gasteiger partial charge in [0.2, 0.25) is 0 Å². The lowest BCUT2D eigenvalue weighted by molar-refractivity contribution is -0.139. The monoisotopic (exact) mass is 423 g/mol. The SMILES string of the molecule is O=C(O)C[C@H](O)C[C@H](O)[C@H]1CC2=C(c3ccc(F)cc31)C1C=CC=CC1N=C2C1CC1. The van der Waals surface area contributed by atoms with Gasteiger partial charge in [-0.25, -0.2) is 4.39 Å². The first-order valence-corrected chi connectivity index (χ1v) is 11.0. The molecule has 5 rings (SSSR count). The van der Waals surface area contributed by atoms with Crippen molar-refractivity contribution in [3.05, 3.63) is 65.0 Å². The van der Waals surface area contributed by atoms with Crippen molar-refractivity contribution in [3.63, 3.8) is 0 Å². The lowest BCUT2D eigenvalue weighted by Gasteiger charge is -2.40. The number of carboxylic acid groups (broad SMARTS) is 1. The average Bonchev–Trinajstić information content (AvgIpc) is 3.56. The van der Waals surface area contributed by atoms with Crippen LogP contribution in [-0.2, 0) is 4.79 Å². The van der Waals surface area contributed by atoms with Gasteiger partial charge in [0, 0.05) is 29.9 Å². The molecule has 0 spiro atoms. The zero-order valence-corrected chi connectivity index (χ0v) is 17.1. The molecule has 0 amide bonds. The highest BCUT2D eigenvalue weighted by atomic mass is 19.1. The van der Waals surface area contributed by atoms with Gasteiger partial charge in [0.05, 0.1) is 24.7 Å². The summed E-state index contributed by atoms with van der Waals surface area (Å²) in [4.78, 5) is 16.0. The third-order valence-electron chi connectivity index (χ3n) is 6.84. The smallest absolute Gasteiger partial charge is 0.305 e. The van der Waals surface area contributed by atoms with Gasteiger partial charge in [0.25, 0.3) is 0 Å². The van der Waals surface area contributed by atoms with E-state index >= 15 is 0 Å². The van der Waals surface area contributed by atoms with Gasteiger partial charge in [0.15, 0.2) is 0 Å². The van der Waals surface area contributed by atoms with E-state index in [2.05, 4.69) is 12.2 Å². The molecule has 5 nitrogen and oxygen atoms in total. The summed E-state index contributed by atoms with van der Waals surface area (Å²) in [5.41, 5.74) is 5.08. The van der Waals surface area contributed by atoms with Crippen LogP contribution in [0.5, 0.6) is 0 Å². The number of allylic oxidation sites excluding steroid dienone is 3. The number of nitrogens with zero attached hydrogens (tertiary/aromatic N) is 1. The van der Waals surface area contributed by atoms with Crippen molar-refractivity contribution in [1.82, 2.24) is 0 Å². The molecule has 6 heteroatoms. The summed E-state index contributed by atoms with van der Waals surface area (Å²) in [5, 5.41) is 30.0. The maximum absolute atomic E-state index is 14.3. The Labute approximate surface area is 180 Å². The minimum absolute atomic E-state index is 0.0381. The number of carboxylic acids is 1. The Kier molecular flexibility index (Phi) is 5.15. The van der Waals surface area contributed by atoms with Crippen LogP contribution < -0.4 is 0 Å². The van der Waals surface area contributed by atoms with Crippen molar-refractivity contribution in [2.45, 2.75) is 56.3 Å². The molecule has 1 aliphatic heterocycles. The van der Waals surface area contributed by atoms with E-state index in [1.54, 1.807) is 6.07 Å². The number of hydrogen-bond donors (Lipinski definition) is 3. The predicted octanol–water partition coefficient (Wildman–Crippen LogP) is 3.63. The molecule has 1 aromatic carbocycles. The number of aliphatic hydroxyl groups excluding tert-OH is 2. The molecular weight excluding hydrogens is 397 g/mol. The Morgan fingerprint density at radius 2 is 1.97 bits per heavy atom. The second kappa shape index (κ2) is 7.84. The molecule has 1 heterocycles. The van der Waals surface area contributed by atoms with E-state index in [0.717, 1.165) is 35.3 Å². The van der Waals surface area contributed by atoms with Gasteiger partial charge in [-0.05, 0) is 53.7 Å². The molecule has 0 saturated heterocycles. The Bertz CT molecular complexity index is 1040. The predicted molar refractivity (Wildman–Crippen MR) is 115 cm³/mol. The summed E-state index contributed by atoms with van der Waals surface area (Å²) in [6.07, 6.45) is 8.40. The number of halogens is 1. The van der Waals surface area contributed by atoms with Crippen LogP contribution in [0.3, 0.4) is 0 Å². The van der Waals surface area contributed by atoms with Crippen LogP contribution in [0.1, 0.15) is 49.1 Å². The quantitative estimate of drug-likeness (QED) is 0.652. The highest BCUT2D eigenvalue weighted by Crippen LogP contribution is 2.51. The molecule has 0 radical (unpaired) electrons. The van der Waals surface area contributed by atoms with Crippen molar-refractivity contribution >= 4 is 17.3 Å². The first-order chi connectivity index (χ1) is 14.9. The molecule has 0 aromatic heterocycles. The van der Waals surface area contributed by atoms with Crippen molar-refractivity contribution < 1.29 is 24.5 Å². The fraction of sp³-hybridized carbons (Fsp3) is 0.440. The van der Waals surface area contributed by atoms with Crippen molar-refractivity contribution in [2.24, 2.45) is 16.8 Å². The van der Waals surface area contributed by atoms with Gasteiger partial charge in [0.1, 0.15) is 5.82 Å². The van der Waals surface area contributed by atoms with Gasteiger partial charge in [-0.1, -0.05) is 30.4 Å². The lowest BCUT2D eigenvalue weighted by atomic mass is 9.67. The third kappa shape index (κ3) is 3.79. The van der Waals surface area contributed by atoms with Gasteiger partial charge >= 0.3 is 5.97 Å². The normalized spacial score (nSPS) is 28.4. The second-order valence-electron chi connectivity index (χ2n) is 9.06. The number of aliphatic imine (C=N–C) groups is 1. The highest BCUT2D eigenvalue weighted by Gasteiger charge is 2.43. The zero-order valence-electron chi connectivity index (χ0n) is 17.1. The molecule has 162 valence electrons. The largest absolute Gasteiger partial charge is 0.481 e. The van der Waals surface area contributed by atoms with Gasteiger partial charge in [-0.15, -0.1) is 0 Å². The lowest BCUT2D eigenvalue weighted by Crippen LogP contribution is -2.35. The molecule has 4 aliphatic rings. The van der Waals surface area contributed by atoms with Crippen LogP contribution in [0.2, 0.25) is 0 Å². The summed E-state index contributed by atoms with van der Waals surface area (Å²) in [5.74, 6) is -1.38. The van der Waals surface area contributed by atoms with Crippen LogP contribution in [-0.4, -0.2) is 45.3 Å². The molecule has 5 atom stereocenters. The van der Waals surface area contributed by atoms with E-state index in [4.69, 9.17) is 10.1 Å². The van der Waals surface area contributed by atoms with Gasteiger partial charge in [-0.2, -0.15) is 0 Å². The second-order valence-corrected chi connectivity index (χ2v) is 9.06. The molecule has 3 N–H and O–H groups in total. The molecule has 1 aromatic rings. The summed E-state index contributed by atoms with van der Waals surface area (Å²) in [7, 11) is 0. The van der Waals surface area contributed by atoms with Crippen molar-refractivity contribution in [1.29, 1.82) is 0 Å². The Morgan fingerprint density at radius 1 is 1.19 bits per heavy atom. The molecule has 31 heavy (non-hydrogen) atoms. The third-order valence-corrected chi connectivity index (χ3v) is 6.84. The number of aliphatic carboxylic acids is 1. The first kappa shape index (κ1) is 20.3.